The maximum absolute atomic E-state index is 14.2. The highest BCUT2D eigenvalue weighted by Gasteiger charge is 2.41. The maximum atomic E-state index is 14.2. The van der Waals surface area contributed by atoms with E-state index >= 15 is 0 Å². The monoisotopic (exact) mass is 337 g/mol. The first-order valence-electron chi connectivity index (χ1n) is 7.77. The molecule has 1 saturated heterocycles. The summed E-state index contributed by atoms with van der Waals surface area (Å²) in [4.78, 5) is 35.3. The van der Waals surface area contributed by atoms with Crippen molar-refractivity contribution >= 4 is 17.8 Å². The number of halogens is 2. The van der Waals surface area contributed by atoms with Gasteiger partial charge in [-0.1, -0.05) is 18.9 Å². The van der Waals surface area contributed by atoms with Crippen LogP contribution in [-0.2, 0) is 15.1 Å². The SMILES string of the molecule is O=C1C[C@@H](C(=O)NC2(c3ccc(F)cc3F)CCCC2)NC(=O)N1. The molecule has 3 N–H and O–H groups in total. The minimum Gasteiger partial charge on any atom is -0.345 e. The number of hydrogen-bond acceptors (Lipinski definition) is 3. The molecule has 0 bridgehead atoms. The molecule has 24 heavy (non-hydrogen) atoms. The minimum atomic E-state index is -1.01. The van der Waals surface area contributed by atoms with E-state index in [2.05, 4.69) is 10.6 Å². The van der Waals surface area contributed by atoms with Crippen LogP contribution in [0.2, 0.25) is 0 Å². The van der Waals surface area contributed by atoms with E-state index in [4.69, 9.17) is 0 Å². The molecule has 1 aliphatic heterocycles. The van der Waals surface area contributed by atoms with Gasteiger partial charge < -0.3 is 10.6 Å². The van der Waals surface area contributed by atoms with Gasteiger partial charge in [0.25, 0.3) is 0 Å². The predicted molar refractivity (Wildman–Crippen MR) is 79.7 cm³/mol. The molecule has 8 heteroatoms. The van der Waals surface area contributed by atoms with Crippen LogP contribution in [0.25, 0.3) is 0 Å². The van der Waals surface area contributed by atoms with E-state index in [1.54, 1.807) is 0 Å². The van der Waals surface area contributed by atoms with Gasteiger partial charge in [-0.25, -0.2) is 13.6 Å². The van der Waals surface area contributed by atoms with Crippen molar-refractivity contribution in [3.63, 3.8) is 0 Å². The summed E-state index contributed by atoms with van der Waals surface area (Å²) in [5, 5.41) is 7.20. The summed E-state index contributed by atoms with van der Waals surface area (Å²) < 4.78 is 27.4. The Labute approximate surface area is 137 Å². The third-order valence-electron chi connectivity index (χ3n) is 4.53. The Bertz CT molecular complexity index is 686. The van der Waals surface area contributed by atoms with E-state index in [9.17, 15) is 23.2 Å². The first-order valence-corrected chi connectivity index (χ1v) is 7.77. The molecule has 0 radical (unpaired) electrons. The molecular weight excluding hydrogens is 320 g/mol. The lowest BCUT2D eigenvalue weighted by Gasteiger charge is -2.34. The van der Waals surface area contributed by atoms with Gasteiger partial charge in [0, 0.05) is 11.6 Å². The second kappa shape index (κ2) is 6.18. The van der Waals surface area contributed by atoms with Crippen LogP contribution in [0.15, 0.2) is 18.2 Å². The average Bonchev–Trinajstić information content (AvgIpc) is 2.95. The lowest BCUT2D eigenvalue weighted by molar-refractivity contribution is -0.130. The average molecular weight is 337 g/mol. The predicted octanol–water partition coefficient (Wildman–Crippen LogP) is 1.45. The highest BCUT2D eigenvalue weighted by atomic mass is 19.1. The number of rotatable bonds is 3. The van der Waals surface area contributed by atoms with Crippen LogP contribution in [0.4, 0.5) is 13.6 Å². The summed E-state index contributed by atoms with van der Waals surface area (Å²) >= 11 is 0. The molecule has 1 heterocycles. The molecule has 3 rings (SSSR count). The largest absolute Gasteiger partial charge is 0.345 e. The number of carbonyl (C=O) groups excluding carboxylic acids is 3. The molecule has 0 spiro atoms. The van der Waals surface area contributed by atoms with Crippen molar-refractivity contribution in [1.29, 1.82) is 0 Å². The number of nitrogens with one attached hydrogen (secondary N) is 3. The zero-order chi connectivity index (χ0) is 17.3. The summed E-state index contributed by atoms with van der Waals surface area (Å²) in [6.07, 6.45) is 2.41. The maximum Gasteiger partial charge on any atom is 0.322 e. The van der Waals surface area contributed by atoms with Crippen LogP contribution in [0.5, 0.6) is 0 Å². The van der Waals surface area contributed by atoms with E-state index < -0.39 is 41.1 Å². The van der Waals surface area contributed by atoms with Gasteiger partial charge in [0.05, 0.1) is 12.0 Å². The zero-order valence-corrected chi connectivity index (χ0v) is 12.8. The Morgan fingerprint density at radius 1 is 1.21 bits per heavy atom. The summed E-state index contributed by atoms with van der Waals surface area (Å²) in [5.41, 5.74) is -0.727. The van der Waals surface area contributed by atoms with Crippen molar-refractivity contribution in [1.82, 2.24) is 16.0 Å². The Balaban J connectivity index is 1.85. The van der Waals surface area contributed by atoms with Gasteiger partial charge in [-0.05, 0) is 18.9 Å². The van der Waals surface area contributed by atoms with E-state index in [1.807, 2.05) is 5.32 Å². The molecule has 1 saturated carbocycles. The summed E-state index contributed by atoms with van der Waals surface area (Å²) in [6, 6.07) is 1.53. The zero-order valence-electron chi connectivity index (χ0n) is 12.8. The second-order valence-corrected chi connectivity index (χ2v) is 6.18. The fraction of sp³-hybridized carbons (Fsp3) is 0.438. The number of imide groups is 1. The number of hydrogen-bond donors (Lipinski definition) is 3. The van der Waals surface area contributed by atoms with Gasteiger partial charge in [-0.2, -0.15) is 0 Å². The highest BCUT2D eigenvalue weighted by molar-refractivity contribution is 6.02. The topological polar surface area (TPSA) is 87.3 Å². The van der Waals surface area contributed by atoms with Crippen LogP contribution in [0.3, 0.4) is 0 Å². The van der Waals surface area contributed by atoms with Crippen LogP contribution in [-0.4, -0.2) is 23.9 Å². The lowest BCUT2D eigenvalue weighted by Crippen LogP contribution is -2.60. The van der Waals surface area contributed by atoms with E-state index in [-0.39, 0.29) is 12.0 Å². The van der Waals surface area contributed by atoms with Gasteiger partial charge >= 0.3 is 6.03 Å². The van der Waals surface area contributed by atoms with Gasteiger partial charge in [0.2, 0.25) is 11.8 Å². The normalized spacial score (nSPS) is 22.7. The molecular formula is C16H17F2N3O3. The van der Waals surface area contributed by atoms with Crippen molar-refractivity contribution in [3.8, 4) is 0 Å². The first kappa shape index (κ1) is 16.4. The standard InChI is InChI=1S/C16H17F2N3O3/c17-9-3-4-10(11(18)7-9)16(5-1-2-6-16)21-14(23)12-8-13(22)20-15(24)19-12/h3-4,7,12H,1-2,5-6,8H2,(H,21,23)(H2,19,20,22,24)/t12-/m0/s1. The first-order chi connectivity index (χ1) is 11.4. The Morgan fingerprint density at radius 2 is 1.92 bits per heavy atom. The smallest absolute Gasteiger partial charge is 0.322 e. The molecule has 6 nitrogen and oxygen atoms in total. The number of amides is 4. The van der Waals surface area contributed by atoms with Crippen LogP contribution >= 0.6 is 0 Å². The third kappa shape index (κ3) is 3.08. The number of urea groups is 1. The molecule has 0 unspecified atom stereocenters. The van der Waals surface area contributed by atoms with Crippen molar-refractivity contribution in [2.45, 2.75) is 43.7 Å². The number of benzene rings is 1. The fourth-order valence-electron chi connectivity index (χ4n) is 3.41. The fourth-order valence-corrected chi connectivity index (χ4v) is 3.41. The number of carbonyl (C=O) groups is 3. The van der Waals surface area contributed by atoms with Crippen molar-refractivity contribution in [3.05, 3.63) is 35.4 Å². The van der Waals surface area contributed by atoms with Crippen molar-refractivity contribution < 1.29 is 23.2 Å². The van der Waals surface area contributed by atoms with Crippen LogP contribution in [0.1, 0.15) is 37.7 Å². The molecule has 128 valence electrons. The molecule has 2 aliphatic rings. The van der Waals surface area contributed by atoms with Crippen molar-refractivity contribution in [2.75, 3.05) is 0 Å². The van der Waals surface area contributed by atoms with Gasteiger partial charge in [0.1, 0.15) is 17.7 Å². The lowest BCUT2D eigenvalue weighted by atomic mass is 9.87. The van der Waals surface area contributed by atoms with Gasteiger partial charge in [-0.3, -0.25) is 14.9 Å². The van der Waals surface area contributed by atoms with E-state index in [1.165, 1.54) is 6.07 Å². The summed E-state index contributed by atoms with van der Waals surface area (Å²) in [5.74, 6) is -2.51. The molecule has 1 aliphatic carbocycles. The summed E-state index contributed by atoms with van der Waals surface area (Å²) in [7, 11) is 0. The Hall–Kier alpha value is -2.51. The quantitative estimate of drug-likeness (QED) is 0.780. The van der Waals surface area contributed by atoms with Crippen LogP contribution < -0.4 is 16.0 Å². The van der Waals surface area contributed by atoms with E-state index in [0.29, 0.717) is 12.8 Å². The summed E-state index contributed by atoms with van der Waals surface area (Å²) in [6.45, 7) is 0. The molecule has 2 fully saturated rings. The second-order valence-electron chi connectivity index (χ2n) is 6.18. The molecule has 1 aromatic rings. The third-order valence-corrected chi connectivity index (χ3v) is 4.53. The Morgan fingerprint density at radius 3 is 2.54 bits per heavy atom. The molecule has 1 aromatic carbocycles. The molecule has 4 amide bonds. The van der Waals surface area contributed by atoms with Gasteiger partial charge in [-0.15, -0.1) is 0 Å². The van der Waals surface area contributed by atoms with Gasteiger partial charge in [0.15, 0.2) is 0 Å². The molecule has 1 atom stereocenters. The van der Waals surface area contributed by atoms with E-state index in [0.717, 1.165) is 25.0 Å². The Kier molecular flexibility index (Phi) is 4.21. The van der Waals surface area contributed by atoms with Crippen LogP contribution in [0, 0.1) is 11.6 Å². The molecule has 0 aromatic heterocycles. The van der Waals surface area contributed by atoms with Crippen molar-refractivity contribution in [2.24, 2.45) is 0 Å². The minimum absolute atomic E-state index is 0.181. The highest BCUT2D eigenvalue weighted by Crippen LogP contribution is 2.40.